The van der Waals surface area contributed by atoms with Gasteiger partial charge in [-0.1, -0.05) is 18.2 Å². The number of nitrogens with zero attached hydrogens (tertiary/aromatic N) is 3. The Bertz CT molecular complexity index is 1500. The fourth-order valence-corrected chi connectivity index (χ4v) is 4.64. The molecule has 38 heavy (non-hydrogen) atoms. The van der Waals surface area contributed by atoms with E-state index in [1.165, 1.54) is 10.9 Å². The molecular weight excluding hydrogens is 472 g/mol. The van der Waals surface area contributed by atoms with Crippen LogP contribution in [0.4, 0.5) is 0 Å². The number of fused-ring (bicyclic) bond motifs is 1. The van der Waals surface area contributed by atoms with Crippen LogP contribution in [0.1, 0.15) is 33.7 Å². The minimum Gasteiger partial charge on any atom is -0.358 e. The Morgan fingerprint density at radius 3 is 2.63 bits per heavy atom. The first-order chi connectivity index (χ1) is 18.7. The van der Waals surface area contributed by atoms with Crippen LogP contribution >= 0.6 is 0 Å². The van der Waals surface area contributed by atoms with E-state index in [1.54, 1.807) is 6.20 Å². The Hall–Kier alpha value is -4.20. The van der Waals surface area contributed by atoms with Crippen LogP contribution in [0.3, 0.4) is 0 Å². The first-order valence-corrected chi connectivity index (χ1v) is 13.0. The normalized spacial score (nSPS) is 11.2. The van der Waals surface area contributed by atoms with E-state index >= 15 is 0 Å². The van der Waals surface area contributed by atoms with Crippen LogP contribution in [-0.4, -0.2) is 46.4 Å². The van der Waals surface area contributed by atoms with E-state index in [2.05, 4.69) is 60.9 Å². The van der Waals surface area contributed by atoms with Crippen molar-refractivity contribution in [1.82, 2.24) is 30.6 Å². The van der Waals surface area contributed by atoms with Gasteiger partial charge in [0.2, 0.25) is 0 Å². The maximum atomic E-state index is 11.5. The second-order valence-electron chi connectivity index (χ2n) is 9.32. The summed E-state index contributed by atoms with van der Waals surface area (Å²) in [4.78, 5) is 28.6. The van der Waals surface area contributed by atoms with Crippen molar-refractivity contribution in [3.8, 4) is 22.5 Å². The molecule has 0 amide bonds. The smallest absolute Gasteiger partial charge is 0.151 e. The number of H-pyrrole nitrogens is 1. The number of carbonyl (C=O) groups is 1. The van der Waals surface area contributed by atoms with Crippen molar-refractivity contribution in [3.63, 3.8) is 0 Å². The number of aldehydes is 1. The SMILES string of the molecule is CNCCc1[nH]c(-c2ccnc(-c3ccc(CCCNCc4ccnc5ccccc45)nc3)c2)cc1C=O. The van der Waals surface area contributed by atoms with E-state index in [0.29, 0.717) is 5.56 Å². The van der Waals surface area contributed by atoms with Gasteiger partial charge in [-0.25, -0.2) is 0 Å². The molecule has 1 aromatic carbocycles. The summed E-state index contributed by atoms with van der Waals surface area (Å²) in [5, 5.41) is 7.88. The maximum absolute atomic E-state index is 11.5. The van der Waals surface area contributed by atoms with Gasteiger partial charge >= 0.3 is 0 Å². The minimum atomic E-state index is 0.697. The molecular formula is C31H32N6O. The molecule has 0 saturated carbocycles. The number of likely N-dealkylation sites (N-methyl/N-ethyl adjacent to an activating group) is 1. The van der Waals surface area contributed by atoms with Crippen LogP contribution in [-0.2, 0) is 19.4 Å². The summed E-state index contributed by atoms with van der Waals surface area (Å²) in [5.74, 6) is 0. The van der Waals surface area contributed by atoms with Gasteiger partial charge in [0.25, 0.3) is 0 Å². The average molecular weight is 505 g/mol. The van der Waals surface area contributed by atoms with Crippen LogP contribution in [0.25, 0.3) is 33.4 Å². The second kappa shape index (κ2) is 12.4. The van der Waals surface area contributed by atoms with Crippen molar-refractivity contribution in [2.24, 2.45) is 0 Å². The summed E-state index contributed by atoms with van der Waals surface area (Å²) in [5.41, 5.74) is 8.73. The summed E-state index contributed by atoms with van der Waals surface area (Å²) >= 11 is 0. The van der Waals surface area contributed by atoms with E-state index in [-0.39, 0.29) is 0 Å². The van der Waals surface area contributed by atoms with Crippen molar-refractivity contribution in [2.75, 3.05) is 20.1 Å². The first kappa shape index (κ1) is 25.4. The molecule has 0 aliphatic carbocycles. The Labute approximate surface area is 222 Å². The lowest BCUT2D eigenvalue weighted by molar-refractivity contribution is 0.112. The Kier molecular flexibility index (Phi) is 8.28. The number of para-hydroxylation sites is 1. The predicted octanol–water partition coefficient (Wildman–Crippen LogP) is 4.98. The molecule has 5 rings (SSSR count). The van der Waals surface area contributed by atoms with Gasteiger partial charge < -0.3 is 15.6 Å². The van der Waals surface area contributed by atoms with Crippen LogP contribution < -0.4 is 10.6 Å². The van der Waals surface area contributed by atoms with E-state index in [9.17, 15) is 4.79 Å². The molecule has 0 radical (unpaired) electrons. The third-order valence-corrected chi connectivity index (χ3v) is 6.72. The highest BCUT2D eigenvalue weighted by molar-refractivity contribution is 5.82. The van der Waals surface area contributed by atoms with Gasteiger partial charge in [-0.2, -0.15) is 0 Å². The number of aromatic nitrogens is 4. The number of benzene rings is 1. The molecule has 0 fully saturated rings. The van der Waals surface area contributed by atoms with E-state index in [1.807, 2.05) is 49.8 Å². The molecule has 0 atom stereocenters. The van der Waals surface area contributed by atoms with Crippen molar-refractivity contribution >= 4 is 17.2 Å². The van der Waals surface area contributed by atoms with E-state index in [0.717, 1.165) is 84.6 Å². The number of nitrogens with one attached hydrogen (secondary N) is 3. The largest absolute Gasteiger partial charge is 0.358 e. The molecule has 0 spiro atoms. The van der Waals surface area contributed by atoms with Gasteiger partial charge in [-0.15, -0.1) is 0 Å². The standard InChI is InChI=1S/C31H32N6O/c1-32-14-12-28-25(21-38)18-31(37-28)22-10-15-35-30(17-22)24-8-9-26(36-20-24)5-4-13-33-19-23-11-16-34-29-7-3-2-6-27(23)29/h2-3,6-11,15-18,20-21,32-33,37H,4-5,12-14,19H2,1H3. The highest BCUT2D eigenvalue weighted by atomic mass is 16.1. The fraction of sp³-hybridized carbons (Fsp3) is 0.226. The molecule has 7 nitrogen and oxygen atoms in total. The molecule has 0 bridgehead atoms. The lowest BCUT2D eigenvalue weighted by Crippen LogP contribution is -2.15. The third kappa shape index (κ3) is 6.02. The number of rotatable bonds is 12. The lowest BCUT2D eigenvalue weighted by Gasteiger charge is -2.08. The number of carbonyl (C=O) groups excluding carboxylic acids is 1. The van der Waals surface area contributed by atoms with Gasteiger partial charge in [0.05, 0.1) is 11.2 Å². The van der Waals surface area contributed by atoms with Gasteiger partial charge in [-0.05, 0) is 74.5 Å². The number of aromatic amines is 1. The summed E-state index contributed by atoms with van der Waals surface area (Å²) in [6.45, 7) is 2.54. The van der Waals surface area contributed by atoms with Gasteiger partial charge in [0, 0.05) is 77.3 Å². The molecule has 4 heterocycles. The first-order valence-electron chi connectivity index (χ1n) is 13.0. The minimum absolute atomic E-state index is 0.697. The molecule has 192 valence electrons. The van der Waals surface area contributed by atoms with Crippen molar-refractivity contribution < 1.29 is 4.79 Å². The quantitative estimate of drug-likeness (QED) is 0.164. The lowest BCUT2D eigenvalue weighted by atomic mass is 10.1. The maximum Gasteiger partial charge on any atom is 0.151 e. The van der Waals surface area contributed by atoms with Crippen molar-refractivity contribution in [1.29, 1.82) is 0 Å². The topological polar surface area (TPSA) is 95.6 Å². The Morgan fingerprint density at radius 1 is 0.895 bits per heavy atom. The zero-order valence-corrected chi connectivity index (χ0v) is 21.6. The monoisotopic (exact) mass is 504 g/mol. The number of hydrogen-bond donors (Lipinski definition) is 3. The number of aryl methyl sites for hydroxylation is 1. The van der Waals surface area contributed by atoms with Crippen LogP contribution in [0.5, 0.6) is 0 Å². The van der Waals surface area contributed by atoms with E-state index in [4.69, 9.17) is 0 Å². The molecule has 0 aliphatic rings. The highest BCUT2D eigenvalue weighted by Gasteiger charge is 2.11. The van der Waals surface area contributed by atoms with Crippen LogP contribution in [0.15, 0.2) is 79.3 Å². The van der Waals surface area contributed by atoms with Crippen LogP contribution in [0, 0.1) is 0 Å². The second-order valence-corrected chi connectivity index (χ2v) is 9.32. The summed E-state index contributed by atoms with van der Waals surface area (Å²) < 4.78 is 0. The summed E-state index contributed by atoms with van der Waals surface area (Å²) in [7, 11) is 1.90. The summed E-state index contributed by atoms with van der Waals surface area (Å²) in [6, 6.07) is 20.4. The van der Waals surface area contributed by atoms with E-state index < -0.39 is 0 Å². The average Bonchev–Trinajstić information content (AvgIpc) is 3.40. The zero-order chi connectivity index (χ0) is 26.2. The highest BCUT2D eigenvalue weighted by Crippen LogP contribution is 2.26. The number of hydrogen-bond acceptors (Lipinski definition) is 6. The summed E-state index contributed by atoms with van der Waals surface area (Å²) in [6.07, 6.45) is 9.15. The van der Waals surface area contributed by atoms with Gasteiger partial charge in [0.1, 0.15) is 0 Å². The molecule has 0 saturated heterocycles. The molecule has 0 aliphatic heterocycles. The third-order valence-electron chi connectivity index (χ3n) is 6.72. The fourth-order valence-electron chi connectivity index (χ4n) is 4.64. The van der Waals surface area contributed by atoms with Crippen LogP contribution in [0.2, 0.25) is 0 Å². The predicted molar refractivity (Wildman–Crippen MR) is 152 cm³/mol. The zero-order valence-electron chi connectivity index (χ0n) is 21.6. The Balaban J connectivity index is 1.17. The Morgan fingerprint density at radius 2 is 1.79 bits per heavy atom. The molecule has 5 aromatic rings. The van der Waals surface area contributed by atoms with Gasteiger partial charge in [-0.3, -0.25) is 19.7 Å². The molecule has 4 aromatic heterocycles. The van der Waals surface area contributed by atoms with Gasteiger partial charge in [0.15, 0.2) is 6.29 Å². The van der Waals surface area contributed by atoms with Crippen molar-refractivity contribution in [2.45, 2.75) is 25.8 Å². The van der Waals surface area contributed by atoms with Crippen molar-refractivity contribution in [3.05, 3.63) is 102 Å². The number of pyridine rings is 3. The molecule has 7 heteroatoms. The molecule has 0 unspecified atom stereocenters. The molecule has 3 N–H and O–H groups in total.